The Bertz CT molecular complexity index is 451. The van der Waals surface area contributed by atoms with E-state index in [4.69, 9.17) is 10.00 Å². The smallest absolute Gasteiger partial charge is 0.338 e. The number of alkyl halides is 1. The molecule has 0 aliphatic rings. The fraction of sp³-hybridized carbons (Fsp3) is 0.273. The zero-order valence-electron chi connectivity index (χ0n) is 8.91. The third-order valence-electron chi connectivity index (χ3n) is 2.10. The number of hydrogen-bond acceptors (Lipinski definition) is 4. The fourth-order valence-corrected chi connectivity index (χ4v) is 1.76. The van der Waals surface area contributed by atoms with E-state index >= 15 is 0 Å². The Hall–Kier alpha value is -1.54. The van der Waals surface area contributed by atoms with Crippen LogP contribution in [0.1, 0.15) is 21.5 Å². The molecule has 0 aliphatic carbocycles. The summed E-state index contributed by atoms with van der Waals surface area (Å²) in [5, 5.41) is 9.36. The molecule has 0 amide bonds. The molecule has 4 nitrogen and oxygen atoms in total. The van der Waals surface area contributed by atoms with Gasteiger partial charge in [0.15, 0.2) is 0 Å². The van der Waals surface area contributed by atoms with Crippen molar-refractivity contribution in [2.75, 3.05) is 14.2 Å². The summed E-state index contributed by atoms with van der Waals surface area (Å²) in [6, 6.07) is 5.13. The predicted molar refractivity (Wildman–Crippen MR) is 61.7 cm³/mol. The van der Waals surface area contributed by atoms with E-state index in [1.807, 2.05) is 6.07 Å². The number of esters is 1. The van der Waals surface area contributed by atoms with Gasteiger partial charge in [-0.1, -0.05) is 15.9 Å². The molecule has 0 aliphatic heterocycles. The Morgan fingerprint density at radius 3 is 2.62 bits per heavy atom. The fourth-order valence-electron chi connectivity index (χ4n) is 1.29. The molecule has 0 fully saturated rings. The first kappa shape index (κ1) is 12.5. The monoisotopic (exact) mass is 283 g/mol. The lowest BCUT2D eigenvalue weighted by Crippen LogP contribution is -2.06. The van der Waals surface area contributed by atoms with Gasteiger partial charge in [0.05, 0.1) is 25.3 Å². The highest BCUT2D eigenvalue weighted by molar-refractivity contribution is 9.08. The molecule has 0 heterocycles. The Balaban J connectivity index is 3.38. The maximum Gasteiger partial charge on any atom is 0.338 e. The van der Waals surface area contributed by atoms with Crippen LogP contribution in [0.4, 0.5) is 0 Å². The average molecular weight is 284 g/mol. The van der Waals surface area contributed by atoms with E-state index < -0.39 is 5.97 Å². The summed E-state index contributed by atoms with van der Waals surface area (Å²) >= 11 is 3.26. The lowest BCUT2D eigenvalue weighted by atomic mass is 10.0. The number of methoxy groups -OCH3 is 2. The van der Waals surface area contributed by atoms with Gasteiger partial charge in [0.2, 0.25) is 0 Å². The molecule has 1 rings (SSSR count). The summed E-state index contributed by atoms with van der Waals surface area (Å²) < 4.78 is 9.68. The molecule has 84 valence electrons. The van der Waals surface area contributed by atoms with E-state index in [9.17, 15) is 4.79 Å². The predicted octanol–water partition coefficient (Wildman–Crippen LogP) is 2.25. The van der Waals surface area contributed by atoms with Crippen LogP contribution in [-0.4, -0.2) is 20.2 Å². The van der Waals surface area contributed by atoms with Crippen molar-refractivity contribution in [1.29, 1.82) is 5.26 Å². The number of halogens is 1. The second-order valence-electron chi connectivity index (χ2n) is 2.95. The van der Waals surface area contributed by atoms with Crippen molar-refractivity contribution in [3.05, 3.63) is 28.8 Å². The van der Waals surface area contributed by atoms with Crippen LogP contribution in [0.5, 0.6) is 5.75 Å². The third-order valence-corrected chi connectivity index (χ3v) is 2.70. The maximum absolute atomic E-state index is 11.5. The van der Waals surface area contributed by atoms with Crippen LogP contribution in [0.25, 0.3) is 0 Å². The average Bonchev–Trinajstić information content (AvgIpc) is 2.35. The molecule has 1 aromatic rings. The van der Waals surface area contributed by atoms with E-state index in [2.05, 4.69) is 20.7 Å². The van der Waals surface area contributed by atoms with Gasteiger partial charge >= 0.3 is 5.97 Å². The molecule has 5 heteroatoms. The van der Waals surface area contributed by atoms with Crippen molar-refractivity contribution < 1.29 is 14.3 Å². The Labute approximate surface area is 102 Å². The van der Waals surface area contributed by atoms with Gasteiger partial charge in [-0.15, -0.1) is 0 Å². The summed E-state index contributed by atoms with van der Waals surface area (Å²) in [5.41, 5.74) is 1.49. The molecule has 1 aromatic carbocycles. The quantitative estimate of drug-likeness (QED) is 0.631. The van der Waals surface area contributed by atoms with Gasteiger partial charge in [-0.25, -0.2) is 4.79 Å². The minimum Gasteiger partial charge on any atom is -0.495 e. The van der Waals surface area contributed by atoms with Crippen LogP contribution >= 0.6 is 15.9 Å². The molecule has 0 N–H and O–H groups in total. The normalized spacial score (nSPS) is 9.38. The van der Waals surface area contributed by atoms with Crippen LogP contribution in [0.3, 0.4) is 0 Å². The molecule has 0 unspecified atom stereocenters. The number of hydrogen-bond donors (Lipinski definition) is 0. The molecular weight excluding hydrogens is 274 g/mol. The van der Waals surface area contributed by atoms with Crippen molar-refractivity contribution in [2.24, 2.45) is 0 Å². The van der Waals surface area contributed by atoms with Crippen molar-refractivity contribution in [3.63, 3.8) is 0 Å². The Morgan fingerprint density at radius 1 is 1.50 bits per heavy atom. The Morgan fingerprint density at radius 2 is 2.19 bits per heavy atom. The Kier molecular flexibility index (Phi) is 4.32. The molecular formula is C11H10BrNO3. The van der Waals surface area contributed by atoms with E-state index in [1.54, 1.807) is 6.07 Å². The van der Waals surface area contributed by atoms with Gasteiger partial charge in [0.1, 0.15) is 11.8 Å². The molecule has 0 spiro atoms. The summed E-state index contributed by atoms with van der Waals surface area (Å²) in [6.07, 6.45) is 0. The summed E-state index contributed by atoms with van der Waals surface area (Å²) in [4.78, 5) is 11.5. The molecule has 0 radical (unpaired) electrons. The number of nitrogens with zero attached hydrogens (tertiary/aromatic N) is 1. The van der Waals surface area contributed by atoms with E-state index in [0.717, 1.165) is 0 Å². The van der Waals surface area contributed by atoms with E-state index in [0.29, 0.717) is 27.8 Å². The standard InChI is InChI=1S/C11H10BrNO3/c1-15-10-4-9(11(14)16-2)7(5-12)3-8(10)6-13/h3-4H,5H2,1-2H3. The van der Waals surface area contributed by atoms with Gasteiger partial charge in [0.25, 0.3) is 0 Å². The lowest BCUT2D eigenvalue weighted by molar-refractivity contribution is 0.0599. The van der Waals surface area contributed by atoms with Crippen LogP contribution < -0.4 is 4.74 Å². The van der Waals surface area contributed by atoms with Crippen LogP contribution in [0.2, 0.25) is 0 Å². The molecule has 0 atom stereocenters. The minimum absolute atomic E-state index is 0.368. The van der Waals surface area contributed by atoms with Crippen molar-refractivity contribution >= 4 is 21.9 Å². The molecule has 16 heavy (non-hydrogen) atoms. The molecule has 0 bridgehead atoms. The van der Waals surface area contributed by atoms with Crippen LogP contribution in [0, 0.1) is 11.3 Å². The molecule has 0 aromatic heterocycles. The van der Waals surface area contributed by atoms with E-state index in [1.165, 1.54) is 20.3 Å². The highest BCUT2D eigenvalue weighted by atomic mass is 79.9. The van der Waals surface area contributed by atoms with Gasteiger partial charge in [-0.3, -0.25) is 0 Å². The van der Waals surface area contributed by atoms with Crippen molar-refractivity contribution in [2.45, 2.75) is 5.33 Å². The first-order valence-electron chi connectivity index (χ1n) is 4.43. The van der Waals surface area contributed by atoms with E-state index in [-0.39, 0.29) is 0 Å². The number of carbonyl (C=O) groups is 1. The number of carbonyl (C=O) groups excluding carboxylic acids is 1. The van der Waals surface area contributed by atoms with Gasteiger partial charge in [-0.2, -0.15) is 5.26 Å². The summed E-state index contributed by atoms with van der Waals surface area (Å²) in [7, 11) is 2.76. The zero-order valence-corrected chi connectivity index (χ0v) is 10.5. The number of ether oxygens (including phenoxy) is 2. The first-order chi connectivity index (χ1) is 7.67. The third kappa shape index (κ3) is 2.34. The number of benzene rings is 1. The molecule has 0 saturated carbocycles. The topological polar surface area (TPSA) is 59.3 Å². The lowest BCUT2D eigenvalue weighted by Gasteiger charge is -2.09. The summed E-state index contributed by atoms with van der Waals surface area (Å²) in [6.45, 7) is 0. The van der Waals surface area contributed by atoms with Crippen LogP contribution in [0.15, 0.2) is 12.1 Å². The van der Waals surface area contributed by atoms with Gasteiger partial charge in [0, 0.05) is 5.33 Å². The second-order valence-corrected chi connectivity index (χ2v) is 3.51. The van der Waals surface area contributed by atoms with Gasteiger partial charge < -0.3 is 9.47 Å². The number of nitriles is 1. The largest absolute Gasteiger partial charge is 0.495 e. The summed E-state index contributed by atoms with van der Waals surface area (Å²) in [5.74, 6) is -0.0789. The van der Waals surface area contributed by atoms with Crippen LogP contribution in [-0.2, 0) is 10.1 Å². The zero-order chi connectivity index (χ0) is 12.1. The van der Waals surface area contributed by atoms with Crippen molar-refractivity contribution in [1.82, 2.24) is 0 Å². The highest BCUT2D eigenvalue weighted by Gasteiger charge is 2.15. The molecule has 0 saturated heterocycles. The SMILES string of the molecule is COC(=O)c1cc(OC)c(C#N)cc1CBr. The number of rotatable bonds is 3. The minimum atomic E-state index is -0.447. The van der Waals surface area contributed by atoms with Gasteiger partial charge in [-0.05, 0) is 17.7 Å². The second kappa shape index (κ2) is 5.52. The van der Waals surface area contributed by atoms with Crippen molar-refractivity contribution in [3.8, 4) is 11.8 Å². The first-order valence-corrected chi connectivity index (χ1v) is 5.55. The highest BCUT2D eigenvalue weighted by Crippen LogP contribution is 2.25. The maximum atomic E-state index is 11.5.